The minimum atomic E-state index is -2.01. The number of alkyl halides is 3. The largest absolute Gasteiger partial charge is 0.445 e. The lowest BCUT2D eigenvalue weighted by molar-refractivity contribution is -0.249. The van der Waals surface area contributed by atoms with Gasteiger partial charge in [0, 0.05) is 9.82 Å². The van der Waals surface area contributed by atoms with Crippen molar-refractivity contribution in [2.45, 2.75) is 93.8 Å². The quantitative estimate of drug-likeness (QED) is 0.0676. The molecule has 2 aliphatic rings. The maximum atomic E-state index is 9.99. The Labute approximate surface area is 282 Å². The van der Waals surface area contributed by atoms with Gasteiger partial charge in [0.2, 0.25) is 12.2 Å². The van der Waals surface area contributed by atoms with Crippen LogP contribution in [0.5, 0.6) is 0 Å². The fourth-order valence-electron chi connectivity index (χ4n) is 5.29. The number of azide groups is 2. The summed E-state index contributed by atoms with van der Waals surface area (Å²) in [5, 5.41) is 25.3. The first-order chi connectivity index (χ1) is 21.9. The van der Waals surface area contributed by atoms with Gasteiger partial charge < -0.3 is 28.8 Å². The molecule has 2 aromatic rings. The van der Waals surface area contributed by atoms with Crippen LogP contribution in [0.4, 0.5) is 0 Å². The number of aliphatic hydroxyl groups excluding tert-OH is 1. The summed E-state index contributed by atoms with van der Waals surface area (Å²) in [5.74, 6) is -0.928. The van der Waals surface area contributed by atoms with E-state index in [0.29, 0.717) is 6.61 Å². The molecule has 0 bridgehead atoms. The lowest BCUT2D eigenvalue weighted by Gasteiger charge is -2.42. The van der Waals surface area contributed by atoms with Gasteiger partial charge in [0.15, 0.2) is 6.29 Å². The zero-order chi connectivity index (χ0) is 33.9. The lowest BCUT2D eigenvalue weighted by atomic mass is 9.89. The number of halogens is 3. The van der Waals surface area contributed by atoms with E-state index in [1.165, 1.54) is 0 Å². The van der Waals surface area contributed by atoms with Gasteiger partial charge in [0.1, 0.15) is 12.2 Å². The third-order valence-corrected chi connectivity index (χ3v) is 8.27. The van der Waals surface area contributed by atoms with E-state index in [1.54, 1.807) is 13.8 Å². The molecular weight excluding hydrogens is 661 g/mol. The second-order valence-electron chi connectivity index (χ2n) is 11.0. The van der Waals surface area contributed by atoms with Crippen molar-refractivity contribution in [2.75, 3.05) is 0 Å². The molecule has 0 aliphatic carbocycles. The summed E-state index contributed by atoms with van der Waals surface area (Å²) < 4.78 is 26.3. The van der Waals surface area contributed by atoms with Crippen molar-refractivity contribution in [1.82, 2.24) is 0 Å². The Bertz CT molecular complexity index is 1350. The Balaban J connectivity index is 0.000000259. The second kappa shape index (κ2) is 17.9. The number of hydrogen-bond acceptors (Lipinski definition) is 9. The van der Waals surface area contributed by atoms with Crippen molar-refractivity contribution in [3.63, 3.8) is 0 Å². The second-order valence-corrected chi connectivity index (χ2v) is 13.3. The Morgan fingerprint density at radius 3 is 1.70 bits per heavy atom. The summed E-state index contributed by atoms with van der Waals surface area (Å²) in [6, 6.07) is 18.4. The molecule has 2 saturated heterocycles. The van der Waals surface area contributed by atoms with E-state index in [0.717, 1.165) is 11.1 Å². The highest BCUT2D eigenvalue weighted by molar-refractivity contribution is 6.76. The monoisotopic (exact) mass is 697 g/mol. The average Bonchev–Trinajstić information content (AvgIpc) is 3.02. The zero-order valence-corrected chi connectivity index (χ0v) is 28.0. The number of benzene rings is 2. The van der Waals surface area contributed by atoms with Gasteiger partial charge >= 0.3 is 0 Å². The van der Waals surface area contributed by atoms with Crippen molar-refractivity contribution in [1.29, 1.82) is 5.41 Å². The van der Waals surface area contributed by atoms with E-state index in [9.17, 15) is 5.11 Å². The molecule has 4 unspecified atom stereocenters. The molecule has 0 saturated carbocycles. The molecule has 0 aromatic heterocycles. The average molecular weight is 699 g/mol. The number of ether oxygens (including phenoxy) is 5. The molecular formula is C30H38Cl3N7O6. The molecule has 13 nitrogen and oxygen atoms in total. The van der Waals surface area contributed by atoms with E-state index >= 15 is 0 Å². The van der Waals surface area contributed by atoms with Crippen LogP contribution in [0.25, 0.3) is 20.9 Å². The van der Waals surface area contributed by atoms with Crippen LogP contribution in [0.2, 0.25) is 0 Å². The van der Waals surface area contributed by atoms with Gasteiger partial charge in [0.25, 0.3) is 3.79 Å². The first-order valence-corrected chi connectivity index (χ1v) is 15.7. The highest BCUT2D eigenvalue weighted by atomic mass is 35.6. The van der Waals surface area contributed by atoms with Crippen molar-refractivity contribution < 1.29 is 28.8 Å². The Morgan fingerprint density at radius 1 is 0.804 bits per heavy atom. The standard InChI is InChI=1S/C16H19Cl3N4O3.C14H19N3O3/c1-9-12(22-23-21)10(2)25-14(26-15(20)16(17,18)19)13(9)24-8-11-6-4-3-5-7-11;1-9-12(16-17-15)10(2)20-14(18)13(9)19-8-11-6-4-3-5-7-11/h3-7,9-10,12-14,20H,8H2,1-2H3;3-7,9-10,12-14,18H,8H2,1-2H3/t9-,10?,12-,13?,14+;9-,10?,12-,13?,14-/m00/s1. The van der Waals surface area contributed by atoms with Gasteiger partial charge in [-0.05, 0) is 47.9 Å². The Kier molecular flexibility index (Phi) is 14.7. The summed E-state index contributed by atoms with van der Waals surface area (Å²) in [7, 11) is 0. The number of nitrogens with zero attached hydrogens (tertiary/aromatic N) is 6. The van der Waals surface area contributed by atoms with Crippen LogP contribution in [0.15, 0.2) is 70.9 Å². The normalized spacial score (nSPS) is 30.9. The van der Waals surface area contributed by atoms with E-state index in [1.807, 2.05) is 74.5 Å². The predicted molar refractivity (Wildman–Crippen MR) is 174 cm³/mol. The summed E-state index contributed by atoms with van der Waals surface area (Å²) in [6.07, 6.45) is -3.90. The van der Waals surface area contributed by atoms with Crippen LogP contribution in [-0.4, -0.2) is 63.9 Å². The van der Waals surface area contributed by atoms with Gasteiger partial charge in [-0.25, -0.2) is 0 Å². The van der Waals surface area contributed by atoms with E-state index in [4.69, 9.17) is 75.0 Å². The van der Waals surface area contributed by atoms with E-state index in [-0.39, 0.29) is 30.6 Å². The Hall–Kier alpha value is -2.80. The molecule has 0 spiro atoms. The maximum absolute atomic E-state index is 9.99. The van der Waals surface area contributed by atoms with Crippen LogP contribution in [-0.2, 0) is 36.9 Å². The summed E-state index contributed by atoms with van der Waals surface area (Å²) in [5.41, 5.74) is 19.4. The molecule has 2 N–H and O–H groups in total. The van der Waals surface area contributed by atoms with Crippen molar-refractivity contribution in [3.8, 4) is 0 Å². The number of aliphatic hydroxyl groups is 1. The van der Waals surface area contributed by atoms with Crippen LogP contribution in [0.1, 0.15) is 38.8 Å². The first kappa shape index (κ1) is 37.7. The number of hydrogen-bond donors (Lipinski definition) is 2. The van der Waals surface area contributed by atoms with Crippen molar-refractivity contribution in [3.05, 3.63) is 92.7 Å². The van der Waals surface area contributed by atoms with Gasteiger partial charge in [-0.2, -0.15) is 0 Å². The molecule has 16 heteroatoms. The van der Waals surface area contributed by atoms with Crippen LogP contribution >= 0.6 is 34.8 Å². The van der Waals surface area contributed by atoms with Crippen LogP contribution in [0.3, 0.4) is 0 Å². The summed E-state index contributed by atoms with van der Waals surface area (Å²) >= 11 is 17.1. The Morgan fingerprint density at radius 2 is 1.24 bits per heavy atom. The molecule has 0 amide bonds. The molecule has 2 aromatic carbocycles. The van der Waals surface area contributed by atoms with Gasteiger partial charge in [-0.3, -0.25) is 5.41 Å². The third kappa shape index (κ3) is 10.6. The van der Waals surface area contributed by atoms with Crippen molar-refractivity contribution >= 4 is 40.7 Å². The van der Waals surface area contributed by atoms with Crippen LogP contribution < -0.4 is 0 Å². The SMILES string of the molecule is CC1O[C@H](O)C(OCc2ccccc2)[C@@H](C)[C@@H]1N=[N+]=[N-].CC1O[C@H](OC(=N)C(Cl)(Cl)Cl)C(OCc2ccccc2)[C@@H](C)[C@@H]1N=[N+]=[N-]. The molecule has 2 heterocycles. The van der Waals surface area contributed by atoms with Crippen molar-refractivity contribution in [2.24, 2.45) is 22.1 Å². The third-order valence-electron chi connectivity index (χ3n) is 7.76. The maximum Gasteiger partial charge on any atom is 0.265 e. The first-order valence-electron chi connectivity index (χ1n) is 14.6. The highest BCUT2D eigenvalue weighted by Gasteiger charge is 2.46. The highest BCUT2D eigenvalue weighted by Crippen LogP contribution is 2.35. The number of rotatable bonds is 9. The van der Waals surface area contributed by atoms with E-state index in [2.05, 4.69) is 20.1 Å². The zero-order valence-electron chi connectivity index (χ0n) is 25.8. The molecule has 250 valence electrons. The predicted octanol–water partition coefficient (Wildman–Crippen LogP) is 7.62. The van der Waals surface area contributed by atoms with Crippen LogP contribution in [0, 0.1) is 17.2 Å². The summed E-state index contributed by atoms with van der Waals surface area (Å²) in [6.45, 7) is 7.97. The minimum Gasteiger partial charge on any atom is -0.445 e. The minimum absolute atomic E-state index is 0.117. The number of nitrogens with one attached hydrogen (secondary N) is 1. The molecule has 0 radical (unpaired) electrons. The van der Waals surface area contributed by atoms with Gasteiger partial charge in [0.05, 0.1) is 37.5 Å². The molecule has 4 rings (SSSR count). The molecule has 46 heavy (non-hydrogen) atoms. The molecule has 2 aliphatic heterocycles. The van der Waals surface area contributed by atoms with Gasteiger partial charge in [-0.1, -0.05) is 120 Å². The fourth-order valence-corrected chi connectivity index (χ4v) is 5.43. The van der Waals surface area contributed by atoms with E-state index < -0.39 is 46.6 Å². The van der Waals surface area contributed by atoms with Gasteiger partial charge in [-0.15, -0.1) is 0 Å². The fraction of sp³-hybridized carbons (Fsp3) is 0.567. The smallest absolute Gasteiger partial charge is 0.265 e. The topological polar surface area (TPSA) is 188 Å². The molecule has 10 atom stereocenters. The molecule has 2 fully saturated rings. The summed E-state index contributed by atoms with van der Waals surface area (Å²) in [4.78, 5) is 5.73. The lowest BCUT2D eigenvalue weighted by Crippen LogP contribution is -2.54.